The number of ether oxygens (including phenoxy) is 1. The average molecular weight is 654 g/mol. The van der Waals surface area contributed by atoms with Crippen molar-refractivity contribution in [2.75, 3.05) is 43.9 Å². The molecule has 9 nitrogen and oxygen atoms in total. The first kappa shape index (κ1) is 31.8. The maximum Gasteiger partial charge on any atom is 0.319 e. The number of nitrogens with one attached hydrogen (secondary N) is 2. The molecule has 3 aromatic carbocycles. The van der Waals surface area contributed by atoms with Gasteiger partial charge in [0.15, 0.2) is 5.82 Å². The highest BCUT2D eigenvalue weighted by molar-refractivity contribution is 7.88. The fraction of sp³-hybridized carbons (Fsp3) is 0.394. The minimum atomic E-state index is -3.46. The Balaban J connectivity index is 1.46. The SMILES string of the molecule is C#Cc1c(F)ccc2cc(O)cc(-c3ccc4c(N5CCC(NS(C)(=O)=O)C5)nc(OC[C@@H]5CCCNC[C@H](F)C5)nc4c3F)c12. The van der Waals surface area contributed by atoms with Gasteiger partial charge in [-0.25, -0.2) is 26.3 Å². The first-order chi connectivity index (χ1) is 22.0. The van der Waals surface area contributed by atoms with Crippen molar-refractivity contribution in [3.63, 3.8) is 0 Å². The molecule has 2 aliphatic heterocycles. The number of benzene rings is 3. The van der Waals surface area contributed by atoms with Crippen molar-refractivity contribution in [3.05, 3.63) is 53.6 Å². The van der Waals surface area contributed by atoms with Crippen molar-refractivity contribution in [1.82, 2.24) is 20.0 Å². The van der Waals surface area contributed by atoms with Gasteiger partial charge in [-0.3, -0.25) is 0 Å². The molecule has 1 aromatic heterocycles. The van der Waals surface area contributed by atoms with E-state index in [-0.39, 0.29) is 71.0 Å². The van der Waals surface area contributed by atoms with E-state index in [0.29, 0.717) is 42.5 Å². The van der Waals surface area contributed by atoms with E-state index in [1.54, 1.807) is 6.07 Å². The Morgan fingerprint density at radius 1 is 1.17 bits per heavy atom. The van der Waals surface area contributed by atoms with Crippen LogP contribution in [0.4, 0.5) is 19.0 Å². The number of terminal acetylenes is 1. The number of hydrogen-bond acceptors (Lipinski definition) is 8. The van der Waals surface area contributed by atoms with Gasteiger partial charge in [0, 0.05) is 42.0 Å². The topological polar surface area (TPSA) is 117 Å². The lowest BCUT2D eigenvalue weighted by Crippen LogP contribution is -2.36. The molecular formula is C33H34F3N5O4S. The van der Waals surface area contributed by atoms with Crippen molar-refractivity contribution in [1.29, 1.82) is 0 Å². The Bertz CT molecular complexity index is 1950. The second-order valence-corrected chi connectivity index (χ2v) is 13.8. The first-order valence-corrected chi connectivity index (χ1v) is 17.0. The zero-order valence-electron chi connectivity index (χ0n) is 25.2. The molecule has 0 radical (unpaired) electrons. The molecule has 0 aliphatic carbocycles. The fourth-order valence-electron chi connectivity index (χ4n) is 6.45. The molecule has 13 heteroatoms. The Kier molecular flexibility index (Phi) is 8.96. The fourth-order valence-corrected chi connectivity index (χ4v) is 7.25. The standard InChI is InChI=1S/C33H34F3N5O4S/c1-3-24-28(35)9-6-20-14-23(42)15-27(29(20)24)25-7-8-26-31(30(25)36)38-33(45-18-19-5-4-11-37-16-21(34)13-19)39-32(26)41-12-10-22(17-41)40-46(2,43)44/h1,6-9,14-15,19,21-22,37,40,42H,4-5,10-13,16-18H2,2H3/t19-,21-,22?/m1/s1. The highest BCUT2D eigenvalue weighted by atomic mass is 32.2. The predicted octanol–water partition coefficient (Wildman–Crippen LogP) is 4.65. The van der Waals surface area contributed by atoms with Gasteiger partial charge in [0.05, 0.1) is 18.4 Å². The summed E-state index contributed by atoms with van der Waals surface area (Å²) >= 11 is 0. The van der Waals surface area contributed by atoms with Crippen LogP contribution in [0.25, 0.3) is 32.8 Å². The van der Waals surface area contributed by atoms with Gasteiger partial charge in [-0.15, -0.1) is 6.42 Å². The lowest BCUT2D eigenvalue weighted by Gasteiger charge is -2.24. The van der Waals surface area contributed by atoms with Crippen LogP contribution in [0, 0.1) is 29.9 Å². The number of anilines is 1. The van der Waals surface area contributed by atoms with Gasteiger partial charge in [0.2, 0.25) is 10.0 Å². The molecule has 4 aromatic rings. The largest absolute Gasteiger partial charge is 0.508 e. The number of nitrogens with zero attached hydrogens (tertiary/aromatic N) is 3. The summed E-state index contributed by atoms with van der Waals surface area (Å²) in [5.74, 6) is 1.02. The van der Waals surface area contributed by atoms with Crippen LogP contribution in [0.5, 0.6) is 11.8 Å². The molecule has 0 amide bonds. The highest BCUT2D eigenvalue weighted by Gasteiger charge is 2.29. The van der Waals surface area contributed by atoms with Crippen molar-refractivity contribution >= 4 is 37.5 Å². The normalized spacial score (nSPS) is 20.8. The number of halogens is 3. The van der Waals surface area contributed by atoms with Crippen LogP contribution in [-0.4, -0.2) is 74.7 Å². The molecule has 46 heavy (non-hydrogen) atoms. The molecule has 242 valence electrons. The average Bonchev–Trinajstić information content (AvgIpc) is 3.44. The summed E-state index contributed by atoms with van der Waals surface area (Å²) in [6.07, 6.45) is 8.10. The first-order valence-electron chi connectivity index (χ1n) is 15.1. The minimum absolute atomic E-state index is 0.0249. The third-order valence-corrected chi connectivity index (χ3v) is 9.25. The number of hydrogen-bond donors (Lipinski definition) is 3. The van der Waals surface area contributed by atoms with E-state index in [1.165, 1.54) is 30.3 Å². The molecule has 2 saturated heterocycles. The van der Waals surface area contributed by atoms with E-state index in [0.717, 1.165) is 19.1 Å². The van der Waals surface area contributed by atoms with E-state index in [9.17, 15) is 22.3 Å². The number of rotatable bonds is 7. The molecule has 6 rings (SSSR count). The van der Waals surface area contributed by atoms with E-state index in [1.807, 2.05) is 4.90 Å². The summed E-state index contributed by atoms with van der Waals surface area (Å²) in [6.45, 7) is 1.82. The van der Waals surface area contributed by atoms with Crippen molar-refractivity contribution in [3.8, 4) is 35.2 Å². The summed E-state index contributed by atoms with van der Waals surface area (Å²) in [6, 6.07) is 8.04. The predicted molar refractivity (Wildman–Crippen MR) is 171 cm³/mol. The summed E-state index contributed by atoms with van der Waals surface area (Å²) in [4.78, 5) is 10.9. The third-order valence-electron chi connectivity index (χ3n) is 8.49. The van der Waals surface area contributed by atoms with Crippen LogP contribution >= 0.6 is 0 Å². The molecule has 3 heterocycles. The Labute approximate surface area is 265 Å². The summed E-state index contributed by atoms with van der Waals surface area (Å²) in [5, 5.41) is 14.6. The summed E-state index contributed by atoms with van der Waals surface area (Å²) in [5.41, 5.74) is 0.0518. The van der Waals surface area contributed by atoms with Crippen LogP contribution in [-0.2, 0) is 10.0 Å². The molecule has 3 N–H and O–H groups in total. The monoisotopic (exact) mass is 653 g/mol. The number of alkyl halides is 1. The quantitative estimate of drug-likeness (QED) is 0.247. The Hall–Kier alpha value is -4.12. The van der Waals surface area contributed by atoms with Gasteiger partial charge < -0.3 is 20.1 Å². The Morgan fingerprint density at radius 3 is 2.78 bits per heavy atom. The summed E-state index contributed by atoms with van der Waals surface area (Å²) < 4.78 is 78.3. The van der Waals surface area contributed by atoms with Crippen LogP contribution in [0.1, 0.15) is 31.2 Å². The van der Waals surface area contributed by atoms with Gasteiger partial charge in [0.1, 0.15) is 29.1 Å². The maximum atomic E-state index is 16.7. The lowest BCUT2D eigenvalue weighted by molar-refractivity contribution is 0.166. The smallest absolute Gasteiger partial charge is 0.319 e. The lowest BCUT2D eigenvalue weighted by atomic mass is 9.93. The van der Waals surface area contributed by atoms with Crippen LogP contribution in [0.15, 0.2) is 36.4 Å². The van der Waals surface area contributed by atoms with Crippen molar-refractivity contribution < 1.29 is 31.4 Å². The Morgan fingerprint density at radius 2 is 2.00 bits per heavy atom. The van der Waals surface area contributed by atoms with Gasteiger partial charge >= 0.3 is 6.01 Å². The van der Waals surface area contributed by atoms with Crippen molar-refractivity contribution in [2.45, 2.75) is 37.9 Å². The second-order valence-electron chi connectivity index (χ2n) is 12.0. The second kappa shape index (κ2) is 12.9. The number of phenols is 1. The molecule has 2 aliphatic rings. The zero-order chi connectivity index (χ0) is 32.6. The summed E-state index contributed by atoms with van der Waals surface area (Å²) in [7, 11) is -3.46. The van der Waals surface area contributed by atoms with E-state index >= 15 is 4.39 Å². The maximum absolute atomic E-state index is 16.7. The number of fused-ring (bicyclic) bond motifs is 2. The molecule has 0 bridgehead atoms. The van der Waals surface area contributed by atoms with E-state index in [2.05, 4.69) is 25.9 Å². The minimum Gasteiger partial charge on any atom is -0.508 e. The molecule has 1 unspecified atom stereocenters. The van der Waals surface area contributed by atoms with Gasteiger partial charge in [-0.05, 0) is 73.4 Å². The van der Waals surface area contributed by atoms with Crippen LogP contribution in [0.3, 0.4) is 0 Å². The van der Waals surface area contributed by atoms with E-state index in [4.69, 9.17) is 11.2 Å². The van der Waals surface area contributed by atoms with Crippen LogP contribution in [0.2, 0.25) is 0 Å². The van der Waals surface area contributed by atoms with Crippen LogP contribution < -0.4 is 19.7 Å². The number of aromatic hydroxyl groups is 1. The number of sulfonamides is 1. The highest BCUT2D eigenvalue weighted by Crippen LogP contribution is 2.40. The third kappa shape index (κ3) is 6.70. The van der Waals surface area contributed by atoms with Gasteiger partial charge in [-0.1, -0.05) is 18.1 Å². The number of aromatic nitrogens is 2. The molecular weight excluding hydrogens is 619 g/mol. The number of phenolic OH excluding ortho intramolecular Hbond substituents is 1. The van der Waals surface area contributed by atoms with E-state index < -0.39 is 27.8 Å². The van der Waals surface area contributed by atoms with Gasteiger partial charge in [-0.2, -0.15) is 9.97 Å². The van der Waals surface area contributed by atoms with Crippen molar-refractivity contribution in [2.24, 2.45) is 5.92 Å². The zero-order valence-corrected chi connectivity index (χ0v) is 26.0. The molecule has 3 atom stereocenters. The van der Waals surface area contributed by atoms with Gasteiger partial charge in [0.25, 0.3) is 0 Å². The molecule has 2 fully saturated rings. The molecule has 0 spiro atoms. The molecule has 0 saturated carbocycles.